The molecule has 14 heavy (non-hydrogen) atoms. The Bertz CT molecular complexity index is 328. The Kier molecular flexibility index (Phi) is 2.48. The minimum atomic E-state index is 0.580. The van der Waals surface area contributed by atoms with Gasteiger partial charge in [-0.25, -0.2) is 4.98 Å². The summed E-state index contributed by atoms with van der Waals surface area (Å²) >= 11 is 0. The fourth-order valence-corrected chi connectivity index (χ4v) is 2.25. The molecular formula is C11H19N3. The maximum Gasteiger partial charge on any atom is 0.126 e. The van der Waals surface area contributed by atoms with Crippen molar-refractivity contribution in [1.29, 1.82) is 0 Å². The van der Waals surface area contributed by atoms with E-state index in [-0.39, 0.29) is 0 Å². The fraction of sp³-hybridized carbons (Fsp3) is 0.727. The highest BCUT2D eigenvalue weighted by Crippen LogP contribution is 2.30. The molecule has 1 aliphatic heterocycles. The SMILES string of the molecule is CCCc1nc2n(c1N)CCCC2C. The highest BCUT2D eigenvalue weighted by Gasteiger charge is 2.22. The molecule has 1 atom stereocenters. The summed E-state index contributed by atoms with van der Waals surface area (Å²) in [4.78, 5) is 4.66. The van der Waals surface area contributed by atoms with Gasteiger partial charge in [0.2, 0.25) is 0 Å². The van der Waals surface area contributed by atoms with E-state index in [0.717, 1.165) is 30.9 Å². The third-order valence-corrected chi connectivity index (χ3v) is 3.06. The minimum absolute atomic E-state index is 0.580. The molecule has 1 aliphatic rings. The topological polar surface area (TPSA) is 43.8 Å². The molecule has 3 nitrogen and oxygen atoms in total. The van der Waals surface area contributed by atoms with Crippen molar-refractivity contribution < 1.29 is 0 Å². The van der Waals surface area contributed by atoms with Crippen LogP contribution < -0.4 is 5.73 Å². The molecule has 0 bridgehead atoms. The van der Waals surface area contributed by atoms with E-state index in [0.29, 0.717) is 5.92 Å². The molecule has 0 fully saturated rings. The molecule has 0 radical (unpaired) electrons. The second-order valence-electron chi connectivity index (χ2n) is 4.25. The van der Waals surface area contributed by atoms with E-state index in [2.05, 4.69) is 23.4 Å². The summed E-state index contributed by atoms with van der Waals surface area (Å²) in [7, 11) is 0. The first-order chi connectivity index (χ1) is 6.74. The quantitative estimate of drug-likeness (QED) is 0.783. The van der Waals surface area contributed by atoms with Crippen LogP contribution in [0.15, 0.2) is 0 Å². The largest absolute Gasteiger partial charge is 0.384 e. The van der Waals surface area contributed by atoms with Crippen molar-refractivity contribution in [2.45, 2.75) is 52.0 Å². The zero-order valence-electron chi connectivity index (χ0n) is 9.08. The lowest BCUT2D eigenvalue weighted by Gasteiger charge is -2.20. The number of hydrogen-bond acceptors (Lipinski definition) is 2. The number of fused-ring (bicyclic) bond motifs is 1. The fourth-order valence-electron chi connectivity index (χ4n) is 2.25. The zero-order valence-corrected chi connectivity index (χ0v) is 9.08. The number of rotatable bonds is 2. The van der Waals surface area contributed by atoms with E-state index in [1.807, 2.05) is 0 Å². The molecule has 0 aromatic carbocycles. The van der Waals surface area contributed by atoms with Crippen LogP contribution in [-0.2, 0) is 13.0 Å². The number of nitrogens with two attached hydrogens (primary N) is 1. The number of aryl methyl sites for hydroxylation is 1. The van der Waals surface area contributed by atoms with Crippen molar-refractivity contribution in [3.8, 4) is 0 Å². The smallest absolute Gasteiger partial charge is 0.126 e. The number of nitrogens with zero attached hydrogens (tertiary/aromatic N) is 2. The highest BCUT2D eigenvalue weighted by atomic mass is 15.2. The van der Waals surface area contributed by atoms with E-state index < -0.39 is 0 Å². The van der Waals surface area contributed by atoms with Crippen molar-refractivity contribution in [3.05, 3.63) is 11.5 Å². The first-order valence-electron chi connectivity index (χ1n) is 5.58. The molecule has 1 unspecified atom stereocenters. The van der Waals surface area contributed by atoms with Crippen LogP contribution in [0.2, 0.25) is 0 Å². The zero-order chi connectivity index (χ0) is 10.1. The summed E-state index contributed by atoms with van der Waals surface area (Å²) in [6.07, 6.45) is 4.62. The lowest BCUT2D eigenvalue weighted by atomic mass is 10.0. The summed E-state index contributed by atoms with van der Waals surface area (Å²) in [6, 6.07) is 0. The van der Waals surface area contributed by atoms with Crippen LogP contribution in [0.1, 0.15) is 50.5 Å². The summed E-state index contributed by atoms with van der Waals surface area (Å²) in [5.41, 5.74) is 7.18. The monoisotopic (exact) mass is 193 g/mol. The molecular weight excluding hydrogens is 174 g/mol. The van der Waals surface area contributed by atoms with Gasteiger partial charge in [0.1, 0.15) is 11.6 Å². The number of nitrogen functional groups attached to an aromatic ring is 1. The lowest BCUT2D eigenvalue weighted by molar-refractivity contribution is 0.467. The molecule has 3 heteroatoms. The van der Waals surface area contributed by atoms with Crippen molar-refractivity contribution in [2.24, 2.45) is 0 Å². The third-order valence-electron chi connectivity index (χ3n) is 3.06. The van der Waals surface area contributed by atoms with E-state index >= 15 is 0 Å². The molecule has 1 aromatic rings. The molecule has 2 rings (SSSR count). The van der Waals surface area contributed by atoms with Crippen molar-refractivity contribution >= 4 is 5.82 Å². The van der Waals surface area contributed by atoms with E-state index in [4.69, 9.17) is 5.73 Å². The van der Waals surface area contributed by atoms with Crippen molar-refractivity contribution in [2.75, 3.05) is 5.73 Å². The van der Waals surface area contributed by atoms with Crippen LogP contribution in [0.5, 0.6) is 0 Å². The average molecular weight is 193 g/mol. The van der Waals surface area contributed by atoms with Crippen molar-refractivity contribution in [3.63, 3.8) is 0 Å². The minimum Gasteiger partial charge on any atom is -0.384 e. The van der Waals surface area contributed by atoms with Gasteiger partial charge in [-0.05, 0) is 19.3 Å². The molecule has 0 saturated heterocycles. The van der Waals surface area contributed by atoms with Crippen LogP contribution >= 0.6 is 0 Å². The van der Waals surface area contributed by atoms with Crippen LogP contribution in [0, 0.1) is 0 Å². The van der Waals surface area contributed by atoms with Gasteiger partial charge in [-0.1, -0.05) is 20.3 Å². The van der Waals surface area contributed by atoms with Gasteiger partial charge < -0.3 is 10.3 Å². The maximum absolute atomic E-state index is 6.07. The van der Waals surface area contributed by atoms with Gasteiger partial charge in [-0.15, -0.1) is 0 Å². The van der Waals surface area contributed by atoms with Gasteiger partial charge in [0.15, 0.2) is 0 Å². The average Bonchev–Trinajstić information content (AvgIpc) is 2.48. The standard InChI is InChI=1S/C11H19N3/c1-3-5-9-10(12)14-7-4-6-8(2)11(14)13-9/h8H,3-7,12H2,1-2H3. The molecule has 2 heterocycles. The predicted molar refractivity (Wildman–Crippen MR) is 58.3 cm³/mol. The van der Waals surface area contributed by atoms with E-state index in [9.17, 15) is 0 Å². The number of hydrogen-bond donors (Lipinski definition) is 1. The Morgan fingerprint density at radius 2 is 2.36 bits per heavy atom. The molecule has 78 valence electrons. The Labute approximate surface area is 85.3 Å². The Balaban J connectivity index is 2.38. The molecule has 1 aromatic heterocycles. The van der Waals surface area contributed by atoms with Gasteiger partial charge in [0.25, 0.3) is 0 Å². The summed E-state index contributed by atoms with van der Waals surface area (Å²) < 4.78 is 2.21. The van der Waals surface area contributed by atoms with Crippen LogP contribution in [-0.4, -0.2) is 9.55 Å². The third kappa shape index (κ3) is 1.41. The number of aromatic nitrogens is 2. The first-order valence-corrected chi connectivity index (χ1v) is 5.58. The van der Waals surface area contributed by atoms with E-state index in [1.54, 1.807) is 0 Å². The molecule has 0 saturated carbocycles. The summed E-state index contributed by atoms with van der Waals surface area (Å²) in [5.74, 6) is 2.70. The Morgan fingerprint density at radius 1 is 1.57 bits per heavy atom. The van der Waals surface area contributed by atoms with Gasteiger partial charge in [-0.2, -0.15) is 0 Å². The number of imidazole rings is 1. The molecule has 0 aliphatic carbocycles. The molecule has 0 spiro atoms. The summed E-state index contributed by atoms with van der Waals surface area (Å²) in [6.45, 7) is 5.47. The Morgan fingerprint density at radius 3 is 3.00 bits per heavy atom. The van der Waals surface area contributed by atoms with Gasteiger partial charge >= 0.3 is 0 Å². The number of anilines is 1. The van der Waals surface area contributed by atoms with Crippen LogP contribution in [0.25, 0.3) is 0 Å². The summed E-state index contributed by atoms with van der Waals surface area (Å²) in [5, 5.41) is 0. The van der Waals surface area contributed by atoms with Gasteiger partial charge in [0, 0.05) is 12.5 Å². The van der Waals surface area contributed by atoms with Crippen LogP contribution in [0.4, 0.5) is 5.82 Å². The maximum atomic E-state index is 6.07. The lowest BCUT2D eigenvalue weighted by Crippen LogP contribution is -2.15. The predicted octanol–water partition coefficient (Wildman–Crippen LogP) is 2.32. The Hall–Kier alpha value is -0.990. The molecule has 0 amide bonds. The van der Waals surface area contributed by atoms with Gasteiger partial charge in [0.05, 0.1) is 5.69 Å². The van der Waals surface area contributed by atoms with Crippen LogP contribution in [0.3, 0.4) is 0 Å². The first kappa shape index (κ1) is 9.56. The normalized spacial score (nSPS) is 20.9. The van der Waals surface area contributed by atoms with E-state index in [1.165, 1.54) is 18.7 Å². The molecule has 2 N–H and O–H groups in total. The second-order valence-corrected chi connectivity index (χ2v) is 4.25. The van der Waals surface area contributed by atoms with Crippen molar-refractivity contribution in [1.82, 2.24) is 9.55 Å². The van der Waals surface area contributed by atoms with Gasteiger partial charge in [-0.3, -0.25) is 0 Å². The highest BCUT2D eigenvalue weighted by molar-refractivity contribution is 5.39. The second kappa shape index (κ2) is 3.64.